The van der Waals surface area contributed by atoms with Crippen LogP contribution >= 0.6 is 0 Å². The van der Waals surface area contributed by atoms with Gasteiger partial charge in [0.15, 0.2) is 20.9 Å². The first-order valence-electron chi connectivity index (χ1n) is 8.31. The van der Waals surface area contributed by atoms with Crippen molar-refractivity contribution in [2.24, 2.45) is 0 Å². The highest BCUT2D eigenvalue weighted by molar-refractivity contribution is 7.93. The Bertz CT molecular complexity index is 1100. The molecule has 1 heterocycles. The average Bonchev–Trinajstić information content (AvgIpc) is 3.09. The van der Waals surface area contributed by atoms with E-state index in [2.05, 4.69) is 5.32 Å². The normalized spacial score (nSPS) is 22.1. The fourth-order valence-electron chi connectivity index (χ4n) is 3.66. The van der Waals surface area contributed by atoms with Gasteiger partial charge in [-0.15, -0.1) is 0 Å². The van der Waals surface area contributed by atoms with Gasteiger partial charge in [-0.2, -0.15) is 0 Å². The van der Waals surface area contributed by atoms with Crippen molar-refractivity contribution in [3.05, 3.63) is 59.2 Å². The molecule has 4 rings (SSSR count). The molecule has 2 aliphatic rings. The zero-order valence-electron chi connectivity index (χ0n) is 14.0. The van der Waals surface area contributed by atoms with Crippen molar-refractivity contribution in [1.29, 1.82) is 0 Å². The van der Waals surface area contributed by atoms with Crippen molar-refractivity contribution in [2.75, 3.05) is 5.75 Å². The maximum Gasteiger partial charge on any atom is 0.321 e. The summed E-state index contributed by atoms with van der Waals surface area (Å²) in [5, 5.41) is 10.1. The summed E-state index contributed by atoms with van der Waals surface area (Å²) in [5.41, 5.74) is 2.80. The van der Waals surface area contributed by atoms with Gasteiger partial charge in [-0.1, -0.05) is 30.3 Å². The van der Waals surface area contributed by atoms with Gasteiger partial charge in [0, 0.05) is 22.7 Å². The lowest BCUT2D eigenvalue weighted by molar-refractivity contribution is -0.136. The maximum atomic E-state index is 12.5. The summed E-state index contributed by atoms with van der Waals surface area (Å²) in [6, 6.07) is 11.2. The molecule has 8 heteroatoms. The van der Waals surface area contributed by atoms with Gasteiger partial charge < -0.3 is 10.4 Å². The summed E-state index contributed by atoms with van der Waals surface area (Å²) in [5.74, 6) is -2.52. The van der Waals surface area contributed by atoms with E-state index in [0.29, 0.717) is 11.1 Å². The van der Waals surface area contributed by atoms with E-state index in [0.717, 1.165) is 11.1 Å². The summed E-state index contributed by atoms with van der Waals surface area (Å²) in [6.45, 7) is 0. The van der Waals surface area contributed by atoms with E-state index in [1.165, 1.54) is 6.07 Å². The summed E-state index contributed by atoms with van der Waals surface area (Å²) in [7, 11) is -3.79. The second-order valence-corrected chi connectivity index (χ2v) is 8.93. The van der Waals surface area contributed by atoms with E-state index in [1.54, 1.807) is 24.3 Å². The molecule has 1 amide bonds. The zero-order chi connectivity index (χ0) is 19.3. The SMILES string of the molecule is O=C(NC1CC(C(=O)O)S(=O)(=O)C1)c1ccc2c(c1)C(=O)c1ccccc1-2. The zero-order valence-corrected chi connectivity index (χ0v) is 14.8. The van der Waals surface area contributed by atoms with E-state index in [-0.39, 0.29) is 17.8 Å². The Morgan fingerprint density at radius 3 is 2.33 bits per heavy atom. The molecular weight excluding hydrogens is 370 g/mol. The number of hydrogen-bond acceptors (Lipinski definition) is 5. The largest absolute Gasteiger partial charge is 0.480 e. The molecule has 1 aliphatic heterocycles. The highest BCUT2D eigenvalue weighted by Gasteiger charge is 2.43. The summed E-state index contributed by atoms with van der Waals surface area (Å²) in [6.07, 6.45) is -0.168. The molecule has 1 saturated heterocycles. The van der Waals surface area contributed by atoms with Crippen molar-refractivity contribution in [2.45, 2.75) is 17.7 Å². The second-order valence-electron chi connectivity index (χ2n) is 6.70. The van der Waals surface area contributed by atoms with Crippen LogP contribution in [0.2, 0.25) is 0 Å². The highest BCUT2D eigenvalue weighted by atomic mass is 32.2. The highest BCUT2D eigenvalue weighted by Crippen LogP contribution is 2.36. The van der Waals surface area contributed by atoms with E-state index >= 15 is 0 Å². The van der Waals surface area contributed by atoms with Crippen molar-refractivity contribution in [1.82, 2.24) is 5.32 Å². The number of ketones is 1. The summed E-state index contributed by atoms with van der Waals surface area (Å²) < 4.78 is 23.8. The Balaban J connectivity index is 1.57. The third-order valence-corrected chi connectivity index (χ3v) is 7.09. The monoisotopic (exact) mass is 385 g/mol. The first-order chi connectivity index (χ1) is 12.8. The minimum absolute atomic E-state index is 0.162. The van der Waals surface area contributed by atoms with Crippen molar-refractivity contribution in [3.8, 4) is 11.1 Å². The average molecular weight is 385 g/mol. The lowest BCUT2D eigenvalue weighted by Crippen LogP contribution is -2.35. The Hall–Kier alpha value is -3.00. The first-order valence-corrected chi connectivity index (χ1v) is 10.0. The number of hydrogen-bond donors (Lipinski definition) is 2. The van der Waals surface area contributed by atoms with Crippen LogP contribution in [0.25, 0.3) is 11.1 Å². The molecule has 0 aromatic heterocycles. The van der Waals surface area contributed by atoms with Crippen LogP contribution in [-0.4, -0.2) is 48.2 Å². The minimum Gasteiger partial charge on any atom is -0.480 e. The van der Waals surface area contributed by atoms with E-state index in [1.807, 2.05) is 12.1 Å². The van der Waals surface area contributed by atoms with Gasteiger partial charge in [0.1, 0.15) is 0 Å². The molecule has 27 heavy (non-hydrogen) atoms. The number of rotatable bonds is 3. The van der Waals surface area contributed by atoms with Crippen LogP contribution in [0.3, 0.4) is 0 Å². The molecule has 0 saturated carbocycles. The second kappa shape index (κ2) is 6.02. The molecule has 1 fully saturated rings. The van der Waals surface area contributed by atoms with Crippen LogP contribution < -0.4 is 5.32 Å². The van der Waals surface area contributed by atoms with Crippen molar-refractivity contribution >= 4 is 27.5 Å². The lowest BCUT2D eigenvalue weighted by Gasteiger charge is -2.11. The number of sulfone groups is 1. The van der Waals surface area contributed by atoms with Gasteiger partial charge in [0.05, 0.1) is 5.75 Å². The molecule has 0 radical (unpaired) electrons. The molecule has 2 unspecified atom stereocenters. The number of fused-ring (bicyclic) bond motifs is 3. The Morgan fingerprint density at radius 1 is 1.00 bits per heavy atom. The molecule has 0 spiro atoms. The van der Waals surface area contributed by atoms with Crippen LogP contribution in [-0.2, 0) is 14.6 Å². The van der Waals surface area contributed by atoms with E-state index in [4.69, 9.17) is 5.11 Å². The van der Waals surface area contributed by atoms with Gasteiger partial charge in [-0.3, -0.25) is 14.4 Å². The maximum absolute atomic E-state index is 12.5. The van der Waals surface area contributed by atoms with Gasteiger partial charge in [-0.25, -0.2) is 8.42 Å². The van der Waals surface area contributed by atoms with Crippen LogP contribution in [0.1, 0.15) is 32.7 Å². The number of nitrogens with one attached hydrogen (secondary N) is 1. The molecule has 2 N–H and O–H groups in total. The van der Waals surface area contributed by atoms with Gasteiger partial charge in [0.25, 0.3) is 5.91 Å². The fraction of sp³-hybridized carbons (Fsp3) is 0.211. The topological polar surface area (TPSA) is 118 Å². The number of carboxylic acid groups (broad SMARTS) is 1. The number of carbonyl (C=O) groups is 3. The Morgan fingerprint density at radius 2 is 1.67 bits per heavy atom. The molecule has 2 aromatic rings. The van der Waals surface area contributed by atoms with Crippen molar-refractivity contribution < 1.29 is 27.9 Å². The minimum atomic E-state index is -3.79. The van der Waals surface area contributed by atoms with E-state index in [9.17, 15) is 22.8 Å². The molecule has 138 valence electrons. The van der Waals surface area contributed by atoms with Crippen LogP contribution in [0.15, 0.2) is 42.5 Å². The molecule has 1 aliphatic carbocycles. The standard InChI is InChI=1S/C19H15NO6S/c21-17-14-4-2-1-3-12(14)13-6-5-10(7-15(13)17)18(22)20-11-8-16(19(23)24)27(25,26)9-11/h1-7,11,16H,8-9H2,(H,20,22)(H,23,24). The van der Waals surface area contributed by atoms with Gasteiger partial charge >= 0.3 is 5.97 Å². The number of carboxylic acids is 1. The Labute approximate surface area is 154 Å². The lowest BCUT2D eigenvalue weighted by atomic mass is 10.0. The first kappa shape index (κ1) is 17.4. The molecule has 2 aromatic carbocycles. The van der Waals surface area contributed by atoms with Crippen LogP contribution in [0.5, 0.6) is 0 Å². The summed E-state index contributed by atoms with van der Waals surface area (Å²) in [4.78, 5) is 36.1. The third kappa shape index (κ3) is 2.82. The summed E-state index contributed by atoms with van der Waals surface area (Å²) >= 11 is 0. The molecule has 0 bridgehead atoms. The van der Waals surface area contributed by atoms with Crippen LogP contribution in [0.4, 0.5) is 0 Å². The Kier molecular flexibility index (Phi) is 3.88. The predicted molar refractivity (Wildman–Crippen MR) is 96.4 cm³/mol. The fourth-order valence-corrected chi connectivity index (χ4v) is 5.51. The smallest absolute Gasteiger partial charge is 0.321 e. The van der Waals surface area contributed by atoms with Gasteiger partial charge in [-0.05, 0) is 29.7 Å². The van der Waals surface area contributed by atoms with Crippen LogP contribution in [0, 0.1) is 0 Å². The molecule has 2 atom stereocenters. The van der Waals surface area contributed by atoms with Gasteiger partial charge in [0.2, 0.25) is 0 Å². The number of amides is 1. The third-order valence-electron chi connectivity index (χ3n) is 4.96. The molecule has 7 nitrogen and oxygen atoms in total. The quantitative estimate of drug-likeness (QED) is 0.701. The number of aliphatic carboxylic acids is 1. The van der Waals surface area contributed by atoms with E-state index < -0.39 is 38.8 Å². The molecular formula is C19H15NO6S. The number of benzene rings is 2. The number of carbonyl (C=O) groups excluding carboxylic acids is 2. The van der Waals surface area contributed by atoms with Crippen molar-refractivity contribution in [3.63, 3.8) is 0 Å². The predicted octanol–water partition coefficient (Wildman–Crippen LogP) is 1.27.